The number of benzene rings is 2. The Balaban J connectivity index is 1.63. The first-order chi connectivity index (χ1) is 14.0. The van der Waals surface area contributed by atoms with Crippen LogP contribution in [0.1, 0.15) is 21.7 Å². The SMILES string of the molecule is COc1ccc(OC)c(C(=O)NCc2nnc(SCc3ccc(F)cc3)n2C)c1. The molecule has 0 unspecified atom stereocenters. The Labute approximate surface area is 172 Å². The van der Waals surface area contributed by atoms with Crippen LogP contribution in [0.15, 0.2) is 47.6 Å². The first kappa shape index (κ1) is 20.7. The maximum atomic E-state index is 13.0. The molecular weight excluding hydrogens is 395 g/mol. The van der Waals surface area contributed by atoms with E-state index in [1.54, 1.807) is 30.3 Å². The lowest BCUT2D eigenvalue weighted by Gasteiger charge is -2.11. The summed E-state index contributed by atoms with van der Waals surface area (Å²) in [6, 6.07) is 11.4. The molecule has 29 heavy (non-hydrogen) atoms. The molecule has 0 radical (unpaired) electrons. The third-order valence-corrected chi connectivity index (χ3v) is 5.36. The van der Waals surface area contributed by atoms with Crippen LogP contribution in [0.3, 0.4) is 0 Å². The van der Waals surface area contributed by atoms with Gasteiger partial charge in [-0.1, -0.05) is 23.9 Å². The van der Waals surface area contributed by atoms with Gasteiger partial charge < -0.3 is 19.4 Å². The monoisotopic (exact) mass is 416 g/mol. The van der Waals surface area contributed by atoms with Crippen LogP contribution in [0, 0.1) is 5.82 Å². The molecule has 3 aromatic rings. The van der Waals surface area contributed by atoms with Crippen LogP contribution in [0.4, 0.5) is 4.39 Å². The van der Waals surface area contributed by atoms with Crippen molar-refractivity contribution in [2.75, 3.05) is 14.2 Å². The van der Waals surface area contributed by atoms with E-state index < -0.39 is 0 Å². The highest BCUT2D eigenvalue weighted by Crippen LogP contribution is 2.24. The van der Waals surface area contributed by atoms with Crippen LogP contribution in [-0.4, -0.2) is 34.9 Å². The van der Waals surface area contributed by atoms with Gasteiger partial charge in [-0.2, -0.15) is 0 Å². The Hall–Kier alpha value is -3.07. The van der Waals surface area contributed by atoms with E-state index in [9.17, 15) is 9.18 Å². The van der Waals surface area contributed by atoms with Gasteiger partial charge in [-0.25, -0.2) is 4.39 Å². The number of amides is 1. The number of ether oxygens (including phenoxy) is 2. The highest BCUT2D eigenvalue weighted by molar-refractivity contribution is 7.98. The zero-order chi connectivity index (χ0) is 20.8. The van der Waals surface area contributed by atoms with E-state index >= 15 is 0 Å². The fourth-order valence-electron chi connectivity index (χ4n) is 2.60. The average Bonchev–Trinajstić information content (AvgIpc) is 3.10. The third kappa shape index (κ3) is 5.05. The zero-order valence-corrected chi connectivity index (χ0v) is 17.1. The smallest absolute Gasteiger partial charge is 0.255 e. The second kappa shape index (κ2) is 9.42. The summed E-state index contributed by atoms with van der Waals surface area (Å²) in [6.07, 6.45) is 0. The maximum absolute atomic E-state index is 13.0. The van der Waals surface area contributed by atoms with Gasteiger partial charge >= 0.3 is 0 Å². The van der Waals surface area contributed by atoms with Gasteiger partial charge in [0.25, 0.3) is 5.91 Å². The molecule has 0 bridgehead atoms. The molecule has 0 fully saturated rings. The standard InChI is InChI=1S/C20H21FN4O3S/c1-25-18(23-24-20(25)29-12-13-4-6-14(21)7-5-13)11-22-19(26)16-10-15(27-2)8-9-17(16)28-3/h4-10H,11-12H2,1-3H3,(H,22,26). The van der Waals surface area contributed by atoms with E-state index in [4.69, 9.17) is 9.47 Å². The van der Waals surface area contributed by atoms with Crippen molar-refractivity contribution < 1.29 is 18.7 Å². The molecule has 0 aliphatic rings. The molecule has 9 heteroatoms. The number of thioether (sulfide) groups is 1. The molecule has 1 N–H and O–H groups in total. The number of hydrogen-bond donors (Lipinski definition) is 1. The Morgan fingerprint density at radius 2 is 1.90 bits per heavy atom. The van der Waals surface area contributed by atoms with Crippen LogP contribution in [0.2, 0.25) is 0 Å². The topological polar surface area (TPSA) is 78.3 Å². The van der Waals surface area contributed by atoms with E-state index in [1.165, 1.54) is 38.1 Å². The summed E-state index contributed by atoms with van der Waals surface area (Å²) in [6.45, 7) is 0.208. The molecule has 1 amide bonds. The van der Waals surface area contributed by atoms with Gasteiger partial charge in [0.05, 0.1) is 26.3 Å². The average molecular weight is 416 g/mol. The van der Waals surface area contributed by atoms with Crippen molar-refractivity contribution in [3.63, 3.8) is 0 Å². The minimum atomic E-state index is -0.302. The quantitative estimate of drug-likeness (QED) is 0.568. The molecule has 7 nitrogen and oxygen atoms in total. The number of carbonyl (C=O) groups is 1. The first-order valence-electron chi connectivity index (χ1n) is 8.77. The Morgan fingerprint density at radius 3 is 2.59 bits per heavy atom. The molecule has 152 valence electrons. The Bertz CT molecular complexity index is 992. The second-order valence-corrected chi connectivity index (χ2v) is 7.06. The van der Waals surface area contributed by atoms with Crippen molar-refractivity contribution in [2.24, 2.45) is 7.05 Å². The van der Waals surface area contributed by atoms with Gasteiger partial charge in [0.15, 0.2) is 11.0 Å². The van der Waals surface area contributed by atoms with Gasteiger partial charge in [-0.05, 0) is 35.9 Å². The summed E-state index contributed by atoms with van der Waals surface area (Å²) < 4.78 is 25.2. The highest BCUT2D eigenvalue weighted by Gasteiger charge is 2.16. The molecule has 3 rings (SSSR count). The van der Waals surface area contributed by atoms with Crippen LogP contribution >= 0.6 is 11.8 Å². The predicted molar refractivity (Wildman–Crippen MR) is 108 cm³/mol. The lowest BCUT2D eigenvalue weighted by molar-refractivity contribution is 0.0946. The number of methoxy groups -OCH3 is 2. The largest absolute Gasteiger partial charge is 0.497 e. The molecule has 2 aromatic carbocycles. The third-order valence-electron chi connectivity index (χ3n) is 4.26. The lowest BCUT2D eigenvalue weighted by Crippen LogP contribution is -2.25. The lowest BCUT2D eigenvalue weighted by atomic mass is 10.1. The highest BCUT2D eigenvalue weighted by atomic mass is 32.2. The van der Waals surface area contributed by atoms with Crippen LogP contribution < -0.4 is 14.8 Å². The van der Waals surface area contributed by atoms with Gasteiger partial charge in [0, 0.05) is 12.8 Å². The minimum absolute atomic E-state index is 0.208. The number of rotatable bonds is 8. The van der Waals surface area contributed by atoms with Crippen molar-refractivity contribution in [1.29, 1.82) is 0 Å². The summed E-state index contributed by atoms with van der Waals surface area (Å²) in [5, 5.41) is 11.8. The molecule has 0 saturated heterocycles. The number of hydrogen-bond acceptors (Lipinski definition) is 6. The number of carbonyl (C=O) groups excluding carboxylic acids is 1. The van der Waals surface area contributed by atoms with Crippen molar-refractivity contribution in [2.45, 2.75) is 17.5 Å². The van der Waals surface area contributed by atoms with E-state index in [-0.39, 0.29) is 18.3 Å². The van der Waals surface area contributed by atoms with Crippen LogP contribution in [-0.2, 0) is 19.3 Å². The van der Waals surface area contributed by atoms with Crippen molar-refractivity contribution in [3.8, 4) is 11.5 Å². The van der Waals surface area contributed by atoms with Crippen LogP contribution in [0.5, 0.6) is 11.5 Å². The molecule has 0 spiro atoms. The van der Waals surface area contributed by atoms with Gasteiger partial charge in [-0.15, -0.1) is 10.2 Å². The van der Waals surface area contributed by atoms with E-state index in [1.807, 2.05) is 11.6 Å². The Morgan fingerprint density at radius 1 is 1.14 bits per heavy atom. The summed E-state index contributed by atoms with van der Waals surface area (Å²) in [7, 11) is 4.88. The van der Waals surface area contributed by atoms with Gasteiger partial charge in [-0.3, -0.25) is 4.79 Å². The molecule has 0 saturated carbocycles. The summed E-state index contributed by atoms with van der Waals surface area (Å²) in [4.78, 5) is 12.6. The molecule has 0 aliphatic heterocycles. The normalized spacial score (nSPS) is 10.6. The Kier molecular flexibility index (Phi) is 6.71. The van der Waals surface area contributed by atoms with E-state index in [2.05, 4.69) is 15.5 Å². The molecule has 1 heterocycles. The van der Waals surface area contributed by atoms with Crippen molar-refractivity contribution >= 4 is 17.7 Å². The van der Waals surface area contributed by atoms with Crippen molar-refractivity contribution in [3.05, 3.63) is 65.2 Å². The van der Waals surface area contributed by atoms with Gasteiger partial charge in [0.2, 0.25) is 0 Å². The fraction of sp³-hybridized carbons (Fsp3) is 0.250. The fourth-order valence-corrected chi connectivity index (χ4v) is 3.49. The predicted octanol–water partition coefficient (Wildman–Crippen LogP) is 3.19. The number of aromatic nitrogens is 3. The maximum Gasteiger partial charge on any atom is 0.255 e. The number of halogens is 1. The molecule has 1 aromatic heterocycles. The van der Waals surface area contributed by atoms with E-state index in [0.717, 1.165) is 5.56 Å². The minimum Gasteiger partial charge on any atom is -0.497 e. The molecule has 0 aliphatic carbocycles. The zero-order valence-electron chi connectivity index (χ0n) is 16.3. The second-order valence-electron chi connectivity index (χ2n) is 6.12. The summed E-state index contributed by atoms with van der Waals surface area (Å²) >= 11 is 1.49. The first-order valence-corrected chi connectivity index (χ1v) is 9.76. The molecular formula is C20H21FN4O3S. The summed E-state index contributed by atoms with van der Waals surface area (Å²) in [5.41, 5.74) is 1.36. The van der Waals surface area contributed by atoms with Crippen LogP contribution in [0.25, 0.3) is 0 Å². The van der Waals surface area contributed by atoms with Gasteiger partial charge in [0.1, 0.15) is 17.3 Å². The van der Waals surface area contributed by atoms with E-state index in [0.29, 0.717) is 33.8 Å². The number of nitrogens with zero attached hydrogens (tertiary/aromatic N) is 3. The van der Waals surface area contributed by atoms with Crippen molar-refractivity contribution in [1.82, 2.24) is 20.1 Å². The molecule has 0 atom stereocenters. The number of nitrogens with one attached hydrogen (secondary N) is 1. The summed E-state index contributed by atoms with van der Waals surface area (Å²) in [5.74, 6) is 1.71.